The number of nitrogens with one attached hydrogen (secondary N) is 1. The molecular formula is C14H15ClFNS. The summed E-state index contributed by atoms with van der Waals surface area (Å²) in [6, 6.07) is 6.61. The first kappa shape index (κ1) is 13.5. The van der Waals surface area contributed by atoms with E-state index in [9.17, 15) is 4.39 Å². The smallest absolute Gasteiger partial charge is 0.128 e. The van der Waals surface area contributed by atoms with Gasteiger partial charge in [-0.05, 0) is 48.7 Å². The van der Waals surface area contributed by atoms with Crippen molar-refractivity contribution in [2.24, 2.45) is 0 Å². The summed E-state index contributed by atoms with van der Waals surface area (Å²) in [6.45, 7) is 4.82. The van der Waals surface area contributed by atoms with Gasteiger partial charge in [0.15, 0.2) is 0 Å². The van der Waals surface area contributed by atoms with Crippen molar-refractivity contribution in [3.05, 3.63) is 56.5 Å². The van der Waals surface area contributed by atoms with E-state index < -0.39 is 0 Å². The maximum absolute atomic E-state index is 14.0. The Kier molecular flexibility index (Phi) is 4.38. The van der Waals surface area contributed by atoms with Gasteiger partial charge in [-0.3, -0.25) is 0 Å². The number of benzene rings is 1. The van der Waals surface area contributed by atoms with Gasteiger partial charge in [-0.25, -0.2) is 4.39 Å². The molecule has 0 amide bonds. The highest BCUT2D eigenvalue weighted by atomic mass is 35.5. The zero-order valence-electron chi connectivity index (χ0n) is 10.3. The lowest BCUT2D eigenvalue weighted by atomic mass is 10.0. The molecule has 1 atom stereocenters. The van der Waals surface area contributed by atoms with Gasteiger partial charge >= 0.3 is 0 Å². The predicted octanol–water partition coefficient (Wildman–Crippen LogP) is 4.55. The number of thiophene rings is 1. The van der Waals surface area contributed by atoms with Gasteiger partial charge in [0, 0.05) is 15.5 Å². The van der Waals surface area contributed by atoms with Gasteiger partial charge in [-0.1, -0.05) is 18.5 Å². The van der Waals surface area contributed by atoms with Crippen molar-refractivity contribution in [3.8, 4) is 0 Å². The van der Waals surface area contributed by atoms with Crippen LogP contribution < -0.4 is 5.32 Å². The Labute approximate surface area is 116 Å². The van der Waals surface area contributed by atoms with Crippen LogP contribution >= 0.6 is 22.9 Å². The second-order valence-corrected chi connectivity index (χ2v) is 5.51. The molecule has 0 aliphatic heterocycles. The first-order valence-corrected chi connectivity index (χ1v) is 7.11. The fraction of sp³-hybridized carbons (Fsp3) is 0.286. The Morgan fingerprint density at radius 2 is 2.17 bits per heavy atom. The van der Waals surface area contributed by atoms with E-state index in [-0.39, 0.29) is 11.9 Å². The first-order chi connectivity index (χ1) is 8.63. The van der Waals surface area contributed by atoms with Crippen molar-refractivity contribution in [2.45, 2.75) is 19.9 Å². The zero-order chi connectivity index (χ0) is 13.1. The third kappa shape index (κ3) is 2.74. The van der Waals surface area contributed by atoms with E-state index in [1.54, 1.807) is 23.5 Å². The molecular weight excluding hydrogens is 269 g/mol. The van der Waals surface area contributed by atoms with Crippen molar-refractivity contribution in [3.63, 3.8) is 0 Å². The van der Waals surface area contributed by atoms with Gasteiger partial charge in [0.25, 0.3) is 0 Å². The zero-order valence-corrected chi connectivity index (χ0v) is 11.9. The molecule has 1 aromatic heterocycles. The Morgan fingerprint density at radius 1 is 1.39 bits per heavy atom. The monoisotopic (exact) mass is 283 g/mol. The van der Waals surface area contributed by atoms with E-state index in [4.69, 9.17) is 11.6 Å². The molecule has 2 aromatic rings. The molecule has 0 saturated heterocycles. The molecule has 0 bridgehead atoms. The third-order valence-electron chi connectivity index (χ3n) is 2.84. The van der Waals surface area contributed by atoms with Crippen molar-refractivity contribution >= 4 is 22.9 Å². The van der Waals surface area contributed by atoms with Crippen LogP contribution in [0.3, 0.4) is 0 Å². The molecule has 1 heterocycles. The van der Waals surface area contributed by atoms with Crippen LogP contribution in [-0.4, -0.2) is 6.54 Å². The van der Waals surface area contributed by atoms with Crippen LogP contribution in [0.4, 0.5) is 4.39 Å². The maximum Gasteiger partial charge on any atom is 0.128 e. The van der Waals surface area contributed by atoms with Gasteiger partial charge in [-0.15, -0.1) is 11.3 Å². The van der Waals surface area contributed by atoms with Crippen LogP contribution in [0.25, 0.3) is 0 Å². The minimum atomic E-state index is -0.224. The largest absolute Gasteiger partial charge is 0.306 e. The van der Waals surface area contributed by atoms with Crippen LogP contribution in [-0.2, 0) is 0 Å². The van der Waals surface area contributed by atoms with E-state index in [0.29, 0.717) is 10.6 Å². The SMILES string of the molecule is CCNC(c1cc(Cl)ccc1F)c1sccc1C. The molecule has 1 nitrogen and oxygen atoms in total. The standard InChI is InChI=1S/C14H15ClFNS/c1-3-17-13(14-9(2)6-7-18-14)11-8-10(15)4-5-12(11)16/h4-8,13,17H,3H2,1-2H3. The second kappa shape index (κ2) is 5.83. The van der Waals surface area contributed by atoms with E-state index >= 15 is 0 Å². The number of aryl methyl sites for hydroxylation is 1. The summed E-state index contributed by atoms with van der Waals surface area (Å²) in [7, 11) is 0. The van der Waals surface area contributed by atoms with Crippen LogP contribution in [0.5, 0.6) is 0 Å². The highest BCUT2D eigenvalue weighted by molar-refractivity contribution is 7.10. The van der Waals surface area contributed by atoms with Crippen LogP contribution in [0.1, 0.15) is 29.0 Å². The first-order valence-electron chi connectivity index (χ1n) is 5.85. The van der Waals surface area contributed by atoms with E-state index in [2.05, 4.69) is 5.32 Å². The summed E-state index contributed by atoms with van der Waals surface area (Å²) in [5, 5.41) is 5.91. The van der Waals surface area contributed by atoms with Crippen LogP contribution in [0.2, 0.25) is 5.02 Å². The lowest BCUT2D eigenvalue weighted by molar-refractivity contribution is 0.562. The number of halogens is 2. The third-order valence-corrected chi connectivity index (χ3v) is 4.16. The molecule has 18 heavy (non-hydrogen) atoms. The van der Waals surface area contributed by atoms with E-state index in [1.165, 1.54) is 11.6 Å². The highest BCUT2D eigenvalue weighted by Crippen LogP contribution is 2.32. The summed E-state index contributed by atoms with van der Waals surface area (Å²) >= 11 is 7.61. The molecule has 0 aliphatic carbocycles. The summed E-state index contributed by atoms with van der Waals surface area (Å²) in [5.41, 5.74) is 1.78. The molecule has 2 rings (SSSR count). The van der Waals surface area contributed by atoms with Gasteiger partial charge in [0.05, 0.1) is 6.04 Å². The minimum absolute atomic E-state index is 0.131. The van der Waals surface area contributed by atoms with Crippen LogP contribution in [0, 0.1) is 12.7 Å². The average Bonchev–Trinajstić information content (AvgIpc) is 2.76. The van der Waals surface area contributed by atoms with Gasteiger partial charge < -0.3 is 5.32 Å². The summed E-state index contributed by atoms with van der Waals surface area (Å²) < 4.78 is 14.0. The number of hydrogen-bond acceptors (Lipinski definition) is 2. The Bertz CT molecular complexity index is 538. The fourth-order valence-electron chi connectivity index (χ4n) is 1.96. The van der Waals surface area contributed by atoms with E-state index in [1.807, 2.05) is 25.3 Å². The molecule has 0 spiro atoms. The van der Waals surface area contributed by atoms with Gasteiger partial charge in [0.1, 0.15) is 5.82 Å². The Hall–Kier alpha value is -0.900. The maximum atomic E-state index is 14.0. The quantitative estimate of drug-likeness (QED) is 0.868. The molecule has 0 fully saturated rings. The molecule has 1 N–H and O–H groups in total. The predicted molar refractivity (Wildman–Crippen MR) is 76.0 cm³/mol. The Morgan fingerprint density at radius 3 is 2.78 bits per heavy atom. The normalized spacial score (nSPS) is 12.7. The lowest BCUT2D eigenvalue weighted by Crippen LogP contribution is -2.22. The molecule has 96 valence electrons. The Balaban J connectivity index is 2.48. The molecule has 1 aromatic carbocycles. The fourth-order valence-corrected chi connectivity index (χ4v) is 3.16. The second-order valence-electron chi connectivity index (χ2n) is 4.12. The van der Waals surface area contributed by atoms with Gasteiger partial charge in [-0.2, -0.15) is 0 Å². The molecule has 4 heteroatoms. The summed E-state index contributed by atoms with van der Waals surface area (Å²) in [6.07, 6.45) is 0. The van der Waals surface area contributed by atoms with Crippen molar-refractivity contribution in [2.75, 3.05) is 6.54 Å². The summed E-state index contributed by atoms with van der Waals surface area (Å²) in [5.74, 6) is -0.224. The average molecular weight is 284 g/mol. The van der Waals surface area contributed by atoms with E-state index in [0.717, 1.165) is 11.4 Å². The lowest BCUT2D eigenvalue weighted by Gasteiger charge is -2.19. The molecule has 0 radical (unpaired) electrons. The number of hydrogen-bond donors (Lipinski definition) is 1. The topological polar surface area (TPSA) is 12.0 Å². The highest BCUT2D eigenvalue weighted by Gasteiger charge is 2.20. The number of rotatable bonds is 4. The van der Waals surface area contributed by atoms with Crippen LogP contribution in [0.15, 0.2) is 29.6 Å². The van der Waals surface area contributed by atoms with Crippen molar-refractivity contribution in [1.82, 2.24) is 5.32 Å². The summed E-state index contributed by atoms with van der Waals surface area (Å²) in [4.78, 5) is 1.14. The molecule has 0 saturated carbocycles. The van der Waals surface area contributed by atoms with Gasteiger partial charge in [0.2, 0.25) is 0 Å². The molecule has 1 unspecified atom stereocenters. The molecule has 0 aliphatic rings. The minimum Gasteiger partial charge on any atom is -0.306 e. The van der Waals surface area contributed by atoms with Crippen molar-refractivity contribution < 1.29 is 4.39 Å². The van der Waals surface area contributed by atoms with Crippen molar-refractivity contribution in [1.29, 1.82) is 0 Å².